The first-order valence-electron chi connectivity index (χ1n) is 11.6. The monoisotopic (exact) mass is 488 g/mol. The van der Waals surface area contributed by atoms with Gasteiger partial charge in [0.25, 0.3) is 11.8 Å². The molecule has 9 heteroatoms. The molecule has 9 nitrogen and oxygen atoms in total. The Labute approximate surface area is 209 Å². The first-order chi connectivity index (χ1) is 17.5. The molecular formula is C27H28N4O5. The largest absolute Gasteiger partial charge is 0.493 e. The molecule has 0 saturated heterocycles. The second-order valence-electron chi connectivity index (χ2n) is 8.10. The number of benzene rings is 3. The molecule has 0 radical (unpaired) electrons. The Morgan fingerprint density at radius 1 is 1.00 bits per heavy atom. The van der Waals surface area contributed by atoms with Crippen LogP contribution in [0.3, 0.4) is 0 Å². The molecule has 1 aliphatic heterocycles. The minimum atomic E-state index is -0.734. The number of carbonyl (C=O) groups excluding carboxylic acids is 3. The van der Waals surface area contributed by atoms with E-state index in [4.69, 9.17) is 15.2 Å². The molecule has 1 aliphatic rings. The third-order valence-corrected chi connectivity index (χ3v) is 5.90. The molecule has 4 rings (SSSR count). The van der Waals surface area contributed by atoms with Crippen molar-refractivity contribution in [2.75, 3.05) is 25.6 Å². The van der Waals surface area contributed by atoms with Gasteiger partial charge >= 0.3 is 6.03 Å². The number of carbonyl (C=O) groups is 3. The zero-order chi connectivity index (χ0) is 25.7. The van der Waals surface area contributed by atoms with Crippen molar-refractivity contribution in [2.45, 2.75) is 19.5 Å². The first kappa shape index (κ1) is 24.7. The Kier molecular flexibility index (Phi) is 7.50. The molecule has 3 aromatic rings. The highest BCUT2D eigenvalue weighted by molar-refractivity contribution is 6.24. The van der Waals surface area contributed by atoms with Crippen molar-refractivity contribution in [3.8, 4) is 11.5 Å². The molecule has 0 saturated carbocycles. The van der Waals surface area contributed by atoms with Gasteiger partial charge in [-0.1, -0.05) is 42.5 Å². The van der Waals surface area contributed by atoms with Gasteiger partial charge in [-0.2, -0.15) is 0 Å². The van der Waals surface area contributed by atoms with Gasteiger partial charge in [-0.05, 0) is 42.3 Å². The van der Waals surface area contributed by atoms with Crippen molar-refractivity contribution >= 4 is 23.5 Å². The molecule has 0 aliphatic carbocycles. The molecule has 1 unspecified atom stereocenters. The number of urea groups is 1. The predicted molar refractivity (Wildman–Crippen MR) is 135 cm³/mol. The number of anilines is 1. The van der Waals surface area contributed by atoms with E-state index in [0.29, 0.717) is 30.2 Å². The minimum absolute atomic E-state index is 0.00366. The molecule has 0 spiro atoms. The Morgan fingerprint density at radius 3 is 2.47 bits per heavy atom. The summed E-state index contributed by atoms with van der Waals surface area (Å²) >= 11 is 0. The maximum Gasteiger partial charge on any atom is 0.319 e. The van der Waals surface area contributed by atoms with Crippen LogP contribution in [0, 0.1) is 0 Å². The molecule has 0 fully saturated rings. The lowest BCUT2D eigenvalue weighted by Crippen LogP contribution is -2.38. The van der Waals surface area contributed by atoms with Crippen molar-refractivity contribution < 1.29 is 23.9 Å². The standard InChI is InChI=1S/C27H28N4O5/c1-3-36-23-14-18(12-13-22(23)35-2)21(15-28)31-25(32)19-10-7-11-20(24(19)26(31)33)30-27(34)29-16-17-8-5-4-6-9-17/h4-14,21H,3,15-16,28H2,1-2H3,(H2,29,30,34). The quantitative estimate of drug-likeness (QED) is 0.395. The van der Waals surface area contributed by atoms with Gasteiger partial charge in [-0.15, -0.1) is 0 Å². The molecule has 1 heterocycles. The molecule has 3 aromatic carbocycles. The molecule has 36 heavy (non-hydrogen) atoms. The first-order valence-corrected chi connectivity index (χ1v) is 11.6. The number of nitrogens with one attached hydrogen (secondary N) is 2. The van der Waals surface area contributed by atoms with E-state index in [1.165, 1.54) is 7.11 Å². The fraction of sp³-hybridized carbons (Fsp3) is 0.222. The Bertz CT molecular complexity index is 1280. The second-order valence-corrected chi connectivity index (χ2v) is 8.10. The lowest BCUT2D eigenvalue weighted by Gasteiger charge is -2.26. The van der Waals surface area contributed by atoms with Gasteiger partial charge in [-0.25, -0.2) is 4.79 Å². The summed E-state index contributed by atoms with van der Waals surface area (Å²) in [5.74, 6) is 0.0162. The fourth-order valence-corrected chi connectivity index (χ4v) is 4.19. The molecule has 4 amide bonds. The van der Waals surface area contributed by atoms with Crippen LogP contribution in [-0.4, -0.2) is 43.0 Å². The number of fused-ring (bicyclic) bond motifs is 1. The van der Waals surface area contributed by atoms with Crippen molar-refractivity contribution in [3.63, 3.8) is 0 Å². The number of rotatable bonds is 9. The smallest absolute Gasteiger partial charge is 0.319 e. The lowest BCUT2D eigenvalue weighted by molar-refractivity contribution is 0.0587. The molecule has 0 bridgehead atoms. The average molecular weight is 489 g/mol. The molecular weight excluding hydrogens is 460 g/mol. The number of amides is 4. The summed E-state index contributed by atoms with van der Waals surface area (Å²) in [5, 5.41) is 5.46. The van der Waals surface area contributed by atoms with Gasteiger partial charge in [0, 0.05) is 13.1 Å². The summed E-state index contributed by atoms with van der Waals surface area (Å²) in [6.45, 7) is 2.59. The average Bonchev–Trinajstić information content (AvgIpc) is 3.15. The van der Waals surface area contributed by atoms with Crippen molar-refractivity contribution in [1.82, 2.24) is 10.2 Å². The number of methoxy groups -OCH3 is 1. The zero-order valence-corrected chi connectivity index (χ0v) is 20.1. The SMILES string of the molecule is CCOc1cc(C(CN)N2C(=O)c3cccc(NC(=O)NCc4ccccc4)c3C2=O)ccc1OC. The van der Waals surface area contributed by atoms with E-state index in [1.54, 1.807) is 36.4 Å². The van der Waals surface area contributed by atoms with E-state index in [9.17, 15) is 14.4 Å². The maximum atomic E-state index is 13.5. The molecule has 4 N–H and O–H groups in total. The van der Waals surface area contributed by atoms with E-state index in [1.807, 2.05) is 37.3 Å². The topological polar surface area (TPSA) is 123 Å². The van der Waals surface area contributed by atoms with Gasteiger partial charge in [0.05, 0.1) is 36.6 Å². The van der Waals surface area contributed by atoms with Crippen molar-refractivity contribution in [2.24, 2.45) is 5.73 Å². The van der Waals surface area contributed by atoms with Crippen LogP contribution >= 0.6 is 0 Å². The molecule has 1 atom stereocenters. The van der Waals surface area contributed by atoms with Crippen LogP contribution < -0.4 is 25.8 Å². The van der Waals surface area contributed by atoms with Gasteiger partial charge in [0.2, 0.25) is 0 Å². The minimum Gasteiger partial charge on any atom is -0.493 e. The second kappa shape index (κ2) is 10.9. The Balaban J connectivity index is 1.58. The van der Waals surface area contributed by atoms with Crippen molar-refractivity contribution in [3.05, 3.63) is 89.0 Å². The predicted octanol–water partition coefficient (Wildman–Crippen LogP) is 3.71. The summed E-state index contributed by atoms with van der Waals surface area (Å²) < 4.78 is 11.0. The van der Waals surface area contributed by atoms with Crippen LogP contribution in [0.5, 0.6) is 11.5 Å². The Morgan fingerprint density at radius 2 is 1.78 bits per heavy atom. The highest BCUT2D eigenvalue weighted by atomic mass is 16.5. The van der Waals surface area contributed by atoms with E-state index in [2.05, 4.69) is 10.6 Å². The summed E-state index contributed by atoms with van der Waals surface area (Å²) in [6.07, 6.45) is 0. The number of imide groups is 1. The van der Waals surface area contributed by atoms with E-state index >= 15 is 0 Å². The van der Waals surface area contributed by atoms with Gasteiger partial charge in [0.1, 0.15) is 0 Å². The van der Waals surface area contributed by atoms with Crippen LogP contribution in [0.4, 0.5) is 10.5 Å². The van der Waals surface area contributed by atoms with E-state index in [0.717, 1.165) is 10.5 Å². The van der Waals surface area contributed by atoms with Crippen LogP contribution in [-0.2, 0) is 6.54 Å². The zero-order valence-electron chi connectivity index (χ0n) is 20.1. The summed E-state index contributed by atoms with van der Waals surface area (Å²) in [7, 11) is 1.53. The van der Waals surface area contributed by atoms with E-state index in [-0.39, 0.29) is 23.4 Å². The van der Waals surface area contributed by atoms with Crippen LogP contribution in [0.2, 0.25) is 0 Å². The van der Waals surface area contributed by atoms with Gasteiger partial charge in [0.15, 0.2) is 11.5 Å². The normalized spacial score (nSPS) is 13.2. The number of nitrogens with two attached hydrogens (primary N) is 1. The molecule has 0 aromatic heterocycles. The number of hydrogen-bond acceptors (Lipinski definition) is 6. The van der Waals surface area contributed by atoms with Crippen LogP contribution in [0.1, 0.15) is 44.8 Å². The summed E-state index contributed by atoms with van der Waals surface area (Å²) in [5.41, 5.74) is 8.21. The van der Waals surface area contributed by atoms with E-state index < -0.39 is 23.9 Å². The number of hydrogen-bond donors (Lipinski definition) is 3. The summed E-state index contributed by atoms with van der Waals surface area (Å²) in [6, 6.07) is 18.2. The Hall–Kier alpha value is -4.37. The van der Waals surface area contributed by atoms with Crippen LogP contribution in [0.15, 0.2) is 66.7 Å². The fourth-order valence-electron chi connectivity index (χ4n) is 4.19. The van der Waals surface area contributed by atoms with Crippen molar-refractivity contribution in [1.29, 1.82) is 0 Å². The lowest BCUT2D eigenvalue weighted by atomic mass is 10.0. The van der Waals surface area contributed by atoms with Gasteiger partial charge < -0.3 is 25.8 Å². The maximum absolute atomic E-state index is 13.5. The highest BCUT2D eigenvalue weighted by Crippen LogP contribution is 2.37. The number of nitrogens with zero attached hydrogens (tertiary/aromatic N) is 1. The number of ether oxygens (including phenoxy) is 2. The third kappa shape index (κ3) is 4.87. The van der Waals surface area contributed by atoms with Gasteiger partial charge in [-0.3, -0.25) is 14.5 Å². The molecule has 186 valence electrons. The van der Waals surface area contributed by atoms with Crippen LogP contribution in [0.25, 0.3) is 0 Å². The summed E-state index contributed by atoms with van der Waals surface area (Å²) in [4.78, 5) is 40.5. The third-order valence-electron chi connectivity index (χ3n) is 5.90. The highest BCUT2D eigenvalue weighted by Gasteiger charge is 2.42.